The number of para-hydroxylation sites is 2. The normalized spacial score (nSPS) is 11.5. The van der Waals surface area contributed by atoms with Gasteiger partial charge in [-0.25, -0.2) is 9.59 Å². The van der Waals surface area contributed by atoms with Crippen LogP contribution in [0.1, 0.15) is 20.3 Å². The van der Waals surface area contributed by atoms with E-state index < -0.39 is 18.0 Å². The number of amides is 2. The number of carboxylic acid groups (broad SMARTS) is 1. The van der Waals surface area contributed by atoms with Gasteiger partial charge in [0.2, 0.25) is 0 Å². The summed E-state index contributed by atoms with van der Waals surface area (Å²) in [5.41, 5.74) is 0.502. The fraction of sp³-hybridized carbons (Fsp3) is 0.385. The second-order valence-corrected chi connectivity index (χ2v) is 3.83. The van der Waals surface area contributed by atoms with Gasteiger partial charge >= 0.3 is 12.0 Å². The van der Waals surface area contributed by atoms with Gasteiger partial charge in [-0.1, -0.05) is 19.1 Å². The summed E-state index contributed by atoms with van der Waals surface area (Å²) in [6, 6.07) is 5.49. The molecule has 0 radical (unpaired) electrons. The third-order valence-corrected chi connectivity index (χ3v) is 2.45. The lowest BCUT2D eigenvalue weighted by atomic mass is 10.2. The average molecular weight is 266 g/mol. The van der Waals surface area contributed by atoms with Crippen LogP contribution in [0.15, 0.2) is 24.3 Å². The van der Waals surface area contributed by atoms with Crippen molar-refractivity contribution in [2.75, 3.05) is 11.9 Å². The van der Waals surface area contributed by atoms with Crippen molar-refractivity contribution in [1.82, 2.24) is 5.32 Å². The average Bonchev–Trinajstić information content (AvgIpc) is 2.38. The Hall–Kier alpha value is -2.24. The molecule has 1 aromatic carbocycles. The van der Waals surface area contributed by atoms with E-state index in [4.69, 9.17) is 9.84 Å². The van der Waals surface area contributed by atoms with Gasteiger partial charge < -0.3 is 20.5 Å². The number of hydrogen-bond donors (Lipinski definition) is 3. The monoisotopic (exact) mass is 266 g/mol. The number of nitrogens with one attached hydrogen (secondary N) is 2. The SMILES string of the molecule is CCOc1ccccc1NC(=O)NC(CC)C(=O)O. The van der Waals surface area contributed by atoms with Crippen molar-refractivity contribution in [2.24, 2.45) is 0 Å². The van der Waals surface area contributed by atoms with Gasteiger partial charge in [-0.15, -0.1) is 0 Å². The van der Waals surface area contributed by atoms with Crippen molar-refractivity contribution in [3.8, 4) is 5.75 Å². The van der Waals surface area contributed by atoms with E-state index >= 15 is 0 Å². The third kappa shape index (κ3) is 4.50. The quantitative estimate of drug-likeness (QED) is 0.735. The molecule has 3 N–H and O–H groups in total. The van der Waals surface area contributed by atoms with Gasteiger partial charge in [0.1, 0.15) is 11.8 Å². The molecule has 19 heavy (non-hydrogen) atoms. The molecule has 0 aliphatic heterocycles. The number of anilines is 1. The lowest BCUT2D eigenvalue weighted by Gasteiger charge is -2.15. The van der Waals surface area contributed by atoms with Crippen molar-refractivity contribution < 1.29 is 19.4 Å². The van der Waals surface area contributed by atoms with Crippen LogP contribution in [-0.2, 0) is 4.79 Å². The van der Waals surface area contributed by atoms with Crippen molar-refractivity contribution in [1.29, 1.82) is 0 Å². The zero-order valence-electron chi connectivity index (χ0n) is 11.0. The maximum absolute atomic E-state index is 11.7. The minimum Gasteiger partial charge on any atom is -0.492 e. The van der Waals surface area contributed by atoms with Gasteiger partial charge in [0.05, 0.1) is 12.3 Å². The van der Waals surface area contributed by atoms with Crippen molar-refractivity contribution >= 4 is 17.7 Å². The van der Waals surface area contributed by atoms with Crippen LogP contribution in [-0.4, -0.2) is 29.8 Å². The van der Waals surface area contributed by atoms with E-state index in [9.17, 15) is 9.59 Å². The predicted octanol–water partition coefficient (Wildman–Crippen LogP) is 2.07. The molecule has 1 aromatic rings. The Balaban J connectivity index is 2.69. The van der Waals surface area contributed by atoms with E-state index in [2.05, 4.69) is 10.6 Å². The Labute approximate surface area is 111 Å². The second kappa shape index (κ2) is 7.25. The largest absolute Gasteiger partial charge is 0.492 e. The molecule has 1 atom stereocenters. The highest BCUT2D eigenvalue weighted by Crippen LogP contribution is 2.23. The van der Waals surface area contributed by atoms with Crippen LogP contribution in [0, 0.1) is 0 Å². The molecular weight excluding hydrogens is 248 g/mol. The Bertz CT molecular complexity index is 448. The number of carboxylic acids is 1. The first-order valence-electron chi connectivity index (χ1n) is 6.10. The summed E-state index contributed by atoms with van der Waals surface area (Å²) in [5.74, 6) is -0.515. The van der Waals surface area contributed by atoms with Gasteiger partial charge in [0.25, 0.3) is 0 Å². The summed E-state index contributed by atoms with van der Waals surface area (Å²) >= 11 is 0. The van der Waals surface area contributed by atoms with Crippen LogP contribution in [0.4, 0.5) is 10.5 Å². The van der Waals surface area contributed by atoms with Gasteiger partial charge in [0, 0.05) is 0 Å². The molecule has 2 amide bonds. The van der Waals surface area contributed by atoms with E-state index in [-0.39, 0.29) is 0 Å². The number of hydrogen-bond acceptors (Lipinski definition) is 3. The van der Waals surface area contributed by atoms with Crippen molar-refractivity contribution in [3.63, 3.8) is 0 Å². The van der Waals surface area contributed by atoms with E-state index in [0.717, 1.165) is 0 Å². The van der Waals surface area contributed by atoms with E-state index in [1.54, 1.807) is 31.2 Å². The van der Waals surface area contributed by atoms with Gasteiger partial charge in [-0.2, -0.15) is 0 Å². The zero-order valence-corrected chi connectivity index (χ0v) is 11.0. The second-order valence-electron chi connectivity index (χ2n) is 3.83. The number of urea groups is 1. The van der Waals surface area contributed by atoms with E-state index in [0.29, 0.717) is 24.5 Å². The summed E-state index contributed by atoms with van der Waals surface area (Å²) < 4.78 is 5.36. The first-order valence-corrected chi connectivity index (χ1v) is 6.10. The molecule has 6 nitrogen and oxygen atoms in total. The Morgan fingerprint density at radius 2 is 2.00 bits per heavy atom. The number of carbonyl (C=O) groups excluding carboxylic acids is 1. The minimum atomic E-state index is -1.06. The molecule has 104 valence electrons. The van der Waals surface area contributed by atoms with E-state index in [1.807, 2.05) is 6.92 Å². The molecule has 0 heterocycles. The maximum atomic E-state index is 11.7. The molecule has 0 aromatic heterocycles. The predicted molar refractivity (Wildman–Crippen MR) is 71.5 cm³/mol. The van der Waals surface area contributed by atoms with Gasteiger partial charge in [-0.3, -0.25) is 0 Å². The lowest BCUT2D eigenvalue weighted by Crippen LogP contribution is -2.42. The standard InChI is InChI=1S/C13H18N2O4/c1-3-9(12(16)17)14-13(18)15-10-7-5-6-8-11(10)19-4-2/h5-9H,3-4H2,1-2H3,(H,16,17)(H2,14,15,18). The highest BCUT2D eigenvalue weighted by atomic mass is 16.5. The molecule has 0 fully saturated rings. The molecule has 0 saturated heterocycles. The van der Waals surface area contributed by atoms with Crippen LogP contribution in [0.2, 0.25) is 0 Å². The van der Waals surface area contributed by atoms with Crippen LogP contribution in [0.5, 0.6) is 5.75 Å². The van der Waals surface area contributed by atoms with Crippen LogP contribution in [0.3, 0.4) is 0 Å². The fourth-order valence-corrected chi connectivity index (χ4v) is 1.51. The van der Waals surface area contributed by atoms with Crippen molar-refractivity contribution in [3.05, 3.63) is 24.3 Å². The Morgan fingerprint density at radius 3 is 2.58 bits per heavy atom. The highest BCUT2D eigenvalue weighted by Gasteiger charge is 2.18. The lowest BCUT2D eigenvalue weighted by molar-refractivity contribution is -0.139. The Kier molecular flexibility index (Phi) is 5.66. The minimum absolute atomic E-state index is 0.315. The maximum Gasteiger partial charge on any atom is 0.326 e. The van der Waals surface area contributed by atoms with Gasteiger partial charge in [-0.05, 0) is 25.5 Å². The summed E-state index contributed by atoms with van der Waals surface area (Å²) in [7, 11) is 0. The first-order chi connectivity index (χ1) is 9.08. The zero-order chi connectivity index (χ0) is 14.3. The number of benzene rings is 1. The number of carbonyl (C=O) groups is 2. The summed E-state index contributed by atoms with van der Waals surface area (Å²) in [5, 5.41) is 13.8. The van der Waals surface area contributed by atoms with Gasteiger partial charge in [0.15, 0.2) is 0 Å². The fourth-order valence-electron chi connectivity index (χ4n) is 1.51. The smallest absolute Gasteiger partial charge is 0.326 e. The van der Waals surface area contributed by atoms with Crippen LogP contribution >= 0.6 is 0 Å². The third-order valence-electron chi connectivity index (χ3n) is 2.45. The van der Waals surface area contributed by atoms with Crippen molar-refractivity contribution in [2.45, 2.75) is 26.3 Å². The number of aliphatic carboxylic acids is 1. The number of ether oxygens (including phenoxy) is 1. The Morgan fingerprint density at radius 1 is 1.32 bits per heavy atom. The molecule has 0 bridgehead atoms. The first kappa shape index (κ1) is 14.8. The summed E-state index contributed by atoms with van der Waals surface area (Å²) in [6.45, 7) is 4.01. The topological polar surface area (TPSA) is 87.7 Å². The summed E-state index contributed by atoms with van der Waals surface area (Å²) in [6.07, 6.45) is 0.315. The highest BCUT2D eigenvalue weighted by molar-refractivity contribution is 5.93. The molecule has 1 rings (SSSR count). The molecule has 6 heteroatoms. The number of rotatable bonds is 6. The summed E-state index contributed by atoms with van der Waals surface area (Å²) in [4.78, 5) is 22.5. The molecule has 0 aliphatic carbocycles. The molecule has 1 unspecified atom stereocenters. The van der Waals surface area contributed by atoms with Crippen LogP contribution < -0.4 is 15.4 Å². The molecule has 0 saturated carbocycles. The molecular formula is C13H18N2O4. The molecule has 0 spiro atoms. The molecule has 0 aliphatic rings. The van der Waals surface area contributed by atoms with Crippen LogP contribution in [0.25, 0.3) is 0 Å². The van der Waals surface area contributed by atoms with E-state index in [1.165, 1.54) is 0 Å².